The smallest absolute Gasteiger partial charge is 0.162 e. The highest BCUT2D eigenvalue weighted by atomic mass is 16.5. The van der Waals surface area contributed by atoms with E-state index in [1.807, 2.05) is 12.1 Å². The Labute approximate surface area is 127 Å². The molecule has 0 spiro atoms. The summed E-state index contributed by atoms with van der Waals surface area (Å²) >= 11 is 0. The Morgan fingerprint density at radius 1 is 1.05 bits per heavy atom. The number of nitrogens with two attached hydrogens (primary N) is 1. The molecule has 1 saturated heterocycles. The Hall–Kier alpha value is -1.62. The number of hydrogen-bond donors (Lipinski definition) is 1. The minimum atomic E-state index is 0.678. The molecule has 0 radical (unpaired) electrons. The summed E-state index contributed by atoms with van der Waals surface area (Å²) in [6.07, 6.45) is 0. The molecule has 0 bridgehead atoms. The van der Waals surface area contributed by atoms with E-state index in [0.29, 0.717) is 11.7 Å². The van der Waals surface area contributed by atoms with Crippen LogP contribution in [-0.2, 0) is 0 Å². The van der Waals surface area contributed by atoms with Gasteiger partial charge < -0.3 is 20.1 Å². The first-order chi connectivity index (χ1) is 10.0. The number of nitrogen functional groups attached to an aromatic ring is 1. The maximum atomic E-state index is 6.18. The maximum Gasteiger partial charge on any atom is 0.162 e. The van der Waals surface area contributed by atoms with Crippen LogP contribution >= 0.6 is 0 Å². The SMILES string of the molecule is COc1cc(N)c(N2CCN(CC(C)C)CC2)cc1OC. The highest BCUT2D eigenvalue weighted by Gasteiger charge is 2.20. The zero-order chi connectivity index (χ0) is 15.4. The third-order valence-corrected chi connectivity index (χ3v) is 3.87. The molecule has 2 N–H and O–H groups in total. The van der Waals surface area contributed by atoms with Crippen LogP contribution in [0.15, 0.2) is 12.1 Å². The van der Waals surface area contributed by atoms with Crippen molar-refractivity contribution in [2.75, 3.05) is 57.6 Å². The molecule has 21 heavy (non-hydrogen) atoms. The summed E-state index contributed by atoms with van der Waals surface area (Å²) in [5, 5.41) is 0. The van der Waals surface area contributed by atoms with Crippen molar-refractivity contribution in [3.05, 3.63) is 12.1 Å². The molecule has 1 heterocycles. The summed E-state index contributed by atoms with van der Waals surface area (Å²) < 4.78 is 10.7. The third kappa shape index (κ3) is 3.73. The molecule has 5 heteroatoms. The lowest BCUT2D eigenvalue weighted by atomic mass is 10.1. The largest absolute Gasteiger partial charge is 0.493 e. The molecule has 2 rings (SSSR count). The summed E-state index contributed by atoms with van der Waals surface area (Å²) in [6, 6.07) is 3.82. The molecular formula is C16H27N3O2. The van der Waals surface area contributed by atoms with Gasteiger partial charge in [0.2, 0.25) is 0 Å². The first-order valence-corrected chi connectivity index (χ1v) is 7.54. The number of nitrogens with zero attached hydrogens (tertiary/aromatic N) is 2. The molecule has 0 aromatic heterocycles. The van der Waals surface area contributed by atoms with Crippen LogP contribution in [0.5, 0.6) is 11.5 Å². The maximum absolute atomic E-state index is 6.18. The van der Waals surface area contributed by atoms with Crippen LogP contribution < -0.4 is 20.1 Å². The average Bonchev–Trinajstić information content (AvgIpc) is 2.47. The van der Waals surface area contributed by atoms with Crippen molar-refractivity contribution >= 4 is 11.4 Å². The van der Waals surface area contributed by atoms with E-state index in [1.54, 1.807) is 14.2 Å². The summed E-state index contributed by atoms with van der Waals surface area (Å²) in [5.41, 5.74) is 7.96. The van der Waals surface area contributed by atoms with Crippen molar-refractivity contribution < 1.29 is 9.47 Å². The van der Waals surface area contributed by atoms with Crippen molar-refractivity contribution in [1.82, 2.24) is 4.90 Å². The van der Waals surface area contributed by atoms with Gasteiger partial charge >= 0.3 is 0 Å². The van der Waals surface area contributed by atoms with E-state index >= 15 is 0 Å². The predicted octanol–water partition coefficient (Wildman–Crippen LogP) is 2.06. The number of methoxy groups -OCH3 is 2. The number of hydrogen-bond acceptors (Lipinski definition) is 5. The van der Waals surface area contributed by atoms with Crippen molar-refractivity contribution in [3.8, 4) is 11.5 Å². The fraction of sp³-hybridized carbons (Fsp3) is 0.625. The molecule has 1 fully saturated rings. The highest BCUT2D eigenvalue weighted by Crippen LogP contribution is 2.37. The first-order valence-electron chi connectivity index (χ1n) is 7.54. The van der Waals surface area contributed by atoms with Crippen LogP contribution in [0.25, 0.3) is 0 Å². The Kier molecular flexibility index (Phi) is 5.17. The van der Waals surface area contributed by atoms with Crippen LogP contribution in [-0.4, -0.2) is 51.8 Å². The topological polar surface area (TPSA) is 51.0 Å². The number of rotatable bonds is 5. The van der Waals surface area contributed by atoms with Gasteiger partial charge in [0.05, 0.1) is 25.6 Å². The van der Waals surface area contributed by atoms with Gasteiger partial charge in [0, 0.05) is 44.9 Å². The van der Waals surface area contributed by atoms with Gasteiger partial charge in [0.1, 0.15) is 0 Å². The second kappa shape index (κ2) is 6.89. The molecule has 1 aromatic carbocycles. The molecular weight excluding hydrogens is 266 g/mol. The molecule has 0 atom stereocenters. The van der Waals surface area contributed by atoms with Gasteiger partial charge in [-0.25, -0.2) is 0 Å². The predicted molar refractivity (Wildman–Crippen MR) is 87.4 cm³/mol. The summed E-state index contributed by atoms with van der Waals surface area (Å²) in [6.45, 7) is 9.82. The standard InChI is InChI=1S/C16H27N3O2/c1-12(2)11-18-5-7-19(8-6-18)14-10-16(21-4)15(20-3)9-13(14)17/h9-10,12H,5-8,11,17H2,1-4H3. The average molecular weight is 293 g/mol. The summed E-state index contributed by atoms with van der Waals surface area (Å²) in [4.78, 5) is 4.84. The summed E-state index contributed by atoms with van der Waals surface area (Å²) in [5.74, 6) is 2.12. The van der Waals surface area contributed by atoms with Crippen molar-refractivity contribution in [1.29, 1.82) is 0 Å². The monoisotopic (exact) mass is 293 g/mol. The molecule has 1 aliphatic rings. The van der Waals surface area contributed by atoms with Gasteiger partial charge in [-0.05, 0) is 5.92 Å². The first kappa shape index (κ1) is 15.8. The van der Waals surface area contributed by atoms with Gasteiger partial charge in [0.15, 0.2) is 11.5 Å². The molecule has 0 aliphatic carbocycles. The van der Waals surface area contributed by atoms with Crippen LogP contribution in [0.3, 0.4) is 0 Å². The van der Waals surface area contributed by atoms with E-state index < -0.39 is 0 Å². The fourth-order valence-electron chi connectivity index (χ4n) is 2.85. The van der Waals surface area contributed by atoms with Gasteiger partial charge in [-0.3, -0.25) is 4.90 Å². The number of anilines is 2. The zero-order valence-electron chi connectivity index (χ0n) is 13.6. The zero-order valence-corrected chi connectivity index (χ0v) is 13.6. The fourth-order valence-corrected chi connectivity index (χ4v) is 2.85. The Morgan fingerprint density at radius 3 is 2.14 bits per heavy atom. The number of ether oxygens (including phenoxy) is 2. The molecule has 0 amide bonds. The molecule has 5 nitrogen and oxygen atoms in total. The third-order valence-electron chi connectivity index (χ3n) is 3.87. The lowest BCUT2D eigenvalue weighted by Crippen LogP contribution is -2.47. The number of piperazine rings is 1. The van der Waals surface area contributed by atoms with E-state index in [-0.39, 0.29) is 0 Å². The molecule has 1 aromatic rings. The van der Waals surface area contributed by atoms with E-state index in [0.717, 1.165) is 49.8 Å². The van der Waals surface area contributed by atoms with E-state index in [9.17, 15) is 0 Å². The van der Waals surface area contributed by atoms with Gasteiger partial charge in [-0.2, -0.15) is 0 Å². The second-order valence-electron chi connectivity index (χ2n) is 5.95. The molecule has 1 aliphatic heterocycles. The Bertz CT molecular complexity index is 469. The Balaban J connectivity index is 2.09. The lowest BCUT2D eigenvalue weighted by Gasteiger charge is -2.37. The van der Waals surface area contributed by atoms with Gasteiger partial charge in [-0.15, -0.1) is 0 Å². The van der Waals surface area contributed by atoms with Crippen LogP contribution in [0.1, 0.15) is 13.8 Å². The number of benzene rings is 1. The van der Waals surface area contributed by atoms with E-state index in [4.69, 9.17) is 15.2 Å². The minimum Gasteiger partial charge on any atom is -0.493 e. The summed E-state index contributed by atoms with van der Waals surface area (Å²) in [7, 11) is 3.28. The molecule has 0 saturated carbocycles. The van der Waals surface area contributed by atoms with Crippen LogP contribution in [0.4, 0.5) is 11.4 Å². The van der Waals surface area contributed by atoms with Crippen molar-refractivity contribution in [3.63, 3.8) is 0 Å². The quantitative estimate of drug-likeness (QED) is 0.842. The van der Waals surface area contributed by atoms with Gasteiger partial charge in [-0.1, -0.05) is 13.8 Å². The van der Waals surface area contributed by atoms with Gasteiger partial charge in [0.25, 0.3) is 0 Å². The second-order valence-corrected chi connectivity index (χ2v) is 5.95. The highest BCUT2D eigenvalue weighted by molar-refractivity contribution is 5.73. The van der Waals surface area contributed by atoms with E-state index in [1.165, 1.54) is 0 Å². The molecule has 118 valence electrons. The van der Waals surface area contributed by atoms with Crippen molar-refractivity contribution in [2.24, 2.45) is 5.92 Å². The Morgan fingerprint density at radius 2 is 1.62 bits per heavy atom. The molecule has 0 unspecified atom stereocenters. The lowest BCUT2D eigenvalue weighted by molar-refractivity contribution is 0.231. The minimum absolute atomic E-state index is 0.678. The van der Waals surface area contributed by atoms with Crippen LogP contribution in [0, 0.1) is 5.92 Å². The van der Waals surface area contributed by atoms with E-state index in [2.05, 4.69) is 23.6 Å². The van der Waals surface area contributed by atoms with Crippen molar-refractivity contribution in [2.45, 2.75) is 13.8 Å². The normalized spacial score (nSPS) is 16.3. The van der Waals surface area contributed by atoms with Crippen LogP contribution in [0.2, 0.25) is 0 Å².